The van der Waals surface area contributed by atoms with Gasteiger partial charge in [-0.25, -0.2) is 4.79 Å². The van der Waals surface area contributed by atoms with Gasteiger partial charge in [-0.1, -0.05) is 156 Å². The van der Waals surface area contributed by atoms with E-state index in [4.69, 9.17) is 14.8 Å². The summed E-state index contributed by atoms with van der Waals surface area (Å²) in [6, 6.07) is 44.3. The van der Waals surface area contributed by atoms with Crippen LogP contribution in [0.15, 0.2) is 179 Å². The molecule has 0 spiro atoms. The molecule has 0 aliphatic rings. The molecule has 8 rings (SSSR count). The molecule has 0 aliphatic heterocycles. The van der Waals surface area contributed by atoms with Gasteiger partial charge in [-0.15, -0.1) is 26.3 Å². The number of carboxylic acid groups (broad SMARTS) is 1. The number of amides is 3. The molecule has 424 valence electrons. The Bertz CT molecular complexity index is 3280. The fraction of sp³-hybridized carbons (Fsp3) is 0.207. The zero-order chi connectivity index (χ0) is 58.7. The van der Waals surface area contributed by atoms with E-state index in [0.717, 1.165) is 28.8 Å². The number of ether oxygens (including phenoxy) is 2. The summed E-state index contributed by atoms with van der Waals surface area (Å²) in [5, 5.41) is 46.0. The number of aliphatic carboxylic acids is 1. The average Bonchev–Trinajstić information content (AvgIpc) is 4.22. The van der Waals surface area contributed by atoms with E-state index in [9.17, 15) is 60.8 Å². The van der Waals surface area contributed by atoms with Crippen LogP contribution >= 0.6 is 0 Å². The first kappa shape index (κ1) is 60.9. The van der Waals surface area contributed by atoms with Crippen molar-refractivity contribution in [3.63, 3.8) is 0 Å². The highest BCUT2D eigenvalue weighted by Crippen LogP contribution is 2.29. The largest absolute Gasteiger partial charge is 0.573 e. The average molecular weight is 1130 g/mol. The van der Waals surface area contributed by atoms with Crippen LogP contribution < -0.4 is 31.2 Å². The number of hydrogen-bond acceptors (Lipinski definition) is 13. The van der Waals surface area contributed by atoms with Crippen LogP contribution in [0.3, 0.4) is 0 Å². The van der Waals surface area contributed by atoms with Crippen molar-refractivity contribution >= 4 is 23.7 Å². The Morgan fingerprint density at radius 2 is 0.889 bits per heavy atom. The number of aromatic nitrogens is 2. The molecule has 0 saturated carbocycles. The third-order valence-corrected chi connectivity index (χ3v) is 11.8. The summed E-state index contributed by atoms with van der Waals surface area (Å²) >= 11 is 0. The number of carboxylic acids is 1. The van der Waals surface area contributed by atoms with Crippen molar-refractivity contribution < 1.29 is 79.4 Å². The number of carbonyl (C=O) groups excluding carboxylic acids is 3. The number of halogens is 6. The summed E-state index contributed by atoms with van der Waals surface area (Å²) < 4.78 is 90.4. The lowest BCUT2D eigenvalue weighted by molar-refractivity contribution is -0.275. The third kappa shape index (κ3) is 18.7. The van der Waals surface area contributed by atoms with Gasteiger partial charge in [-0.2, -0.15) is 0 Å². The predicted molar refractivity (Wildman–Crippen MR) is 282 cm³/mol. The SMILES string of the molecule is Cc1noc(-c2ccccc2)c1C(=O)N[C@@H](Cc1ccccc1)C(O)C(=O)NCc1ccc(OC(F)(F)F)cc1.Cc1noc(-c2ccccc2)c1C(=O)N[C@@H](Cc1ccccc1)C(O)C(=O)O.NCc1ccc(OC(F)(F)F)cc1. The van der Waals surface area contributed by atoms with Gasteiger partial charge >= 0.3 is 18.7 Å². The minimum atomic E-state index is -4.81. The van der Waals surface area contributed by atoms with E-state index < -0.39 is 66.5 Å². The summed E-state index contributed by atoms with van der Waals surface area (Å²) in [4.78, 5) is 50.6. The number of nitrogens with zero attached hydrogens (tertiary/aromatic N) is 2. The molecular weight excluding hydrogens is 1070 g/mol. The summed E-state index contributed by atoms with van der Waals surface area (Å²) in [7, 11) is 0. The van der Waals surface area contributed by atoms with E-state index in [0.29, 0.717) is 40.4 Å². The molecule has 0 saturated heterocycles. The van der Waals surface area contributed by atoms with Gasteiger partial charge in [0.25, 0.3) is 17.7 Å². The molecule has 3 amide bonds. The zero-order valence-electron chi connectivity index (χ0n) is 43.2. The van der Waals surface area contributed by atoms with Crippen molar-refractivity contribution in [2.75, 3.05) is 0 Å². The standard InChI is InChI=1S/C29H26F3N3O5.C21H20N2O5.C8H8F3NO/c1-18-24(26(40-35-18)21-10-6-3-7-11-21)27(37)34-23(16-19-8-4-2-5-9-19)25(36)28(38)33-17-20-12-14-22(15-13-20)39-29(30,31)32;1-13-17(19(28-23-13)15-10-6-3-7-11-15)20(25)22-16(18(24)21(26)27)12-14-8-4-2-5-9-14;9-8(10,11)13-7-3-1-6(5-12)2-4-7/h2-15,23,25,36H,16-17H2,1H3,(H,33,38)(H,34,37);2-11,16,18,24H,12H2,1H3,(H,22,25)(H,26,27);1-4H,5,12H2/t23-,25?;16-,18?;/m00./s1. The molecule has 81 heavy (non-hydrogen) atoms. The highest BCUT2D eigenvalue weighted by Gasteiger charge is 2.34. The Morgan fingerprint density at radius 3 is 1.25 bits per heavy atom. The second kappa shape index (κ2) is 28.5. The molecule has 2 heterocycles. The maximum atomic E-state index is 13.4. The first-order chi connectivity index (χ1) is 38.6. The fourth-order valence-electron chi connectivity index (χ4n) is 7.83. The Morgan fingerprint density at radius 1 is 0.531 bits per heavy atom. The van der Waals surface area contributed by atoms with Crippen LogP contribution in [0.4, 0.5) is 26.3 Å². The second-order valence-corrected chi connectivity index (χ2v) is 17.7. The smallest absolute Gasteiger partial charge is 0.479 e. The van der Waals surface area contributed by atoms with Gasteiger partial charge in [0.1, 0.15) is 22.6 Å². The molecule has 0 aliphatic carbocycles. The number of aliphatic hydroxyl groups is 2. The van der Waals surface area contributed by atoms with Gasteiger partial charge in [0, 0.05) is 24.2 Å². The Hall–Kier alpha value is -9.32. The third-order valence-electron chi connectivity index (χ3n) is 11.8. The molecule has 8 N–H and O–H groups in total. The fourth-order valence-corrected chi connectivity index (χ4v) is 7.83. The molecule has 0 radical (unpaired) electrons. The lowest BCUT2D eigenvalue weighted by Gasteiger charge is -2.24. The molecule has 17 nitrogen and oxygen atoms in total. The Balaban J connectivity index is 0.000000222. The highest BCUT2D eigenvalue weighted by atomic mass is 19.4. The van der Waals surface area contributed by atoms with Crippen molar-refractivity contribution in [2.45, 2.75) is 76.8 Å². The molecule has 0 bridgehead atoms. The normalized spacial score (nSPS) is 12.6. The highest BCUT2D eigenvalue weighted by molar-refractivity contribution is 6.02. The number of aliphatic hydroxyl groups excluding tert-OH is 2. The van der Waals surface area contributed by atoms with Crippen molar-refractivity contribution in [2.24, 2.45) is 5.73 Å². The number of benzene rings is 6. The van der Waals surface area contributed by atoms with E-state index in [1.165, 1.54) is 36.4 Å². The molecule has 0 fully saturated rings. The van der Waals surface area contributed by atoms with E-state index in [1.807, 2.05) is 24.3 Å². The Labute approximate surface area is 459 Å². The maximum absolute atomic E-state index is 13.4. The number of carbonyl (C=O) groups is 4. The summed E-state index contributed by atoms with van der Waals surface area (Å²) in [6.45, 7) is 3.47. The summed E-state index contributed by atoms with van der Waals surface area (Å²) in [5.74, 6) is -3.40. The summed E-state index contributed by atoms with van der Waals surface area (Å²) in [5.41, 5.74) is 10.5. The van der Waals surface area contributed by atoms with E-state index in [1.54, 1.807) is 111 Å². The van der Waals surface area contributed by atoms with Gasteiger partial charge in [-0.3, -0.25) is 14.4 Å². The number of nitrogens with two attached hydrogens (primary N) is 1. The Kier molecular flexibility index (Phi) is 21.4. The van der Waals surface area contributed by atoms with Gasteiger partial charge < -0.3 is 55.5 Å². The lowest BCUT2D eigenvalue weighted by atomic mass is 9.99. The number of alkyl halides is 6. The number of aryl methyl sites for hydroxylation is 2. The van der Waals surface area contributed by atoms with Crippen LogP contribution in [-0.2, 0) is 35.5 Å². The molecule has 23 heteroatoms. The van der Waals surface area contributed by atoms with Crippen LogP contribution in [0.5, 0.6) is 11.5 Å². The van der Waals surface area contributed by atoms with Crippen LogP contribution in [0.1, 0.15) is 54.4 Å². The summed E-state index contributed by atoms with van der Waals surface area (Å²) in [6.07, 6.45) is -12.6. The van der Waals surface area contributed by atoms with Gasteiger partial charge in [0.2, 0.25) is 0 Å². The zero-order valence-corrected chi connectivity index (χ0v) is 43.2. The predicted octanol–water partition coefficient (Wildman–Crippen LogP) is 9.05. The number of rotatable bonds is 19. The van der Waals surface area contributed by atoms with Crippen LogP contribution in [0, 0.1) is 13.8 Å². The minimum absolute atomic E-state index is 0.0723. The second-order valence-electron chi connectivity index (χ2n) is 17.7. The molecule has 2 aromatic heterocycles. The van der Waals surface area contributed by atoms with E-state index in [2.05, 4.69) is 35.7 Å². The topological polar surface area (TPSA) is 262 Å². The van der Waals surface area contributed by atoms with Crippen LogP contribution in [0.2, 0.25) is 0 Å². The maximum Gasteiger partial charge on any atom is 0.573 e. The molecule has 8 aromatic rings. The van der Waals surface area contributed by atoms with Crippen molar-refractivity contribution in [3.8, 4) is 34.1 Å². The van der Waals surface area contributed by atoms with Crippen molar-refractivity contribution in [1.82, 2.24) is 26.3 Å². The molecule has 2 unspecified atom stereocenters. The van der Waals surface area contributed by atoms with Gasteiger partial charge in [0.05, 0.1) is 23.5 Å². The first-order valence-corrected chi connectivity index (χ1v) is 24.6. The van der Waals surface area contributed by atoms with E-state index in [-0.39, 0.29) is 42.0 Å². The molecule has 4 atom stereocenters. The molecular formula is C58H54F6N6O11. The van der Waals surface area contributed by atoms with E-state index >= 15 is 0 Å². The van der Waals surface area contributed by atoms with Crippen molar-refractivity contribution in [3.05, 3.63) is 215 Å². The van der Waals surface area contributed by atoms with Gasteiger partial charge in [0.15, 0.2) is 23.7 Å². The van der Waals surface area contributed by atoms with Crippen molar-refractivity contribution in [1.29, 1.82) is 0 Å². The lowest BCUT2D eigenvalue weighted by Crippen LogP contribution is -2.51. The first-order valence-electron chi connectivity index (χ1n) is 24.6. The number of nitrogens with one attached hydrogen (secondary N) is 3. The van der Waals surface area contributed by atoms with Gasteiger partial charge in [-0.05, 0) is 73.2 Å². The minimum Gasteiger partial charge on any atom is -0.479 e. The number of hydrogen-bond donors (Lipinski definition) is 7. The molecule has 6 aromatic carbocycles. The van der Waals surface area contributed by atoms with Crippen LogP contribution in [0.25, 0.3) is 22.6 Å². The monoisotopic (exact) mass is 1120 g/mol. The van der Waals surface area contributed by atoms with Crippen LogP contribution in [-0.4, -0.2) is 86.3 Å². The quantitative estimate of drug-likeness (QED) is 0.0373.